The number of rotatable bonds is 4. The first kappa shape index (κ1) is 16.4. The van der Waals surface area contributed by atoms with Crippen LogP contribution in [0.1, 0.15) is 62.7 Å². The highest BCUT2D eigenvalue weighted by atomic mass is 32.2. The SMILES string of the molecule is CC(C)Sc1ccc(C(=O)N(C)C2CCCCCC2)cc1. The van der Waals surface area contributed by atoms with Gasteiger partial charge < -0.3 is 4.90 Å². The number of benzene rings is 1. The van der Waals surface area contributed by atoms with Gasteiger partial charge in [0, 0.05) is 28.8 Å². The van der Waals surface area contributed by atoms with Gasteiger partial charge >= 0.3 is 0 Å². The highest BCUT2D eigenvalue weighted by molar-refractivity contribution is 7.99. The minimum absolute atomic E-state index is 0.169. The van der Waals surface area contributed by atoms with Crippen LogP contribution in [0.5, 0.6) is 0 Å². The summed E-state index contributed by atoms with van der Waals surface area (Å²) in [6, 6.07) is 8.50. The van der Waals surface area contributed by atoms with E-state index in [0.29, 0.717) is 11.3 Å². The standard InChI is InChI=1S/C18H27NOS/c1-14(2)21-17-12-10-15(11-13-17)18(20)19(3)16-8-6-4-5-7-9-16/h10-14,16H,4-9H2,1-3H3. The first-order chi connectivity index (χ1) is 10.1. The lowest BCUT2D eigenvalue weighted by Gasteiger charge is -2.27. The summed E-state index contributed by atoms with van der Waals surface area (Å²) in [6.45, 7) is 4.37. The Balaban J connectivity index is 2.01. The lowest BCUT2D eigenvalue weighted by Crippen LogP contribution is -2.36. The fourth-order valence-electron chi connectivity index (χ4n) is 2.96. The van der Waals surface area contributed by atoms with Crippen molar-refractivity contribution >= 4 is 17.7 Å². The van der Waals surface area contributed by atoms with Gasteiger partial charge in [-0.2, -0.15) is 0 Å². The third-order valence-electron chi connectivity index (χ3n) is 4.17. The molecule has 116 valence electrons. The lowest BCUT2D eigenvalue weighted by atomic mass is 10.1. The van der Waals surface area contributed by atoms with Crippen LogP contribution in [0.2, 0.25) is 0 Å². The van der Waals surface area contributed by atoms with E-state index in [4.69, 9.17) is 0 Å². The van der Waals surface area contributed by atoms with Crippen LogP contribution in [0, 0.1) is 0 Å². The molecule has 1 aliphatic carbocycles. The third kappa shape index (κ3) is 4.77. The largest absolute Gasteiger partial charge is 0.339 e. The van der Waals surface area contributed by atoms with Crippen molar-refractivity contribution in [3.8, 4) is 0 Å². The maximum atomic E-state index is 12.6. The van der Waals surface area contributed by atoms with E-state index in [1.165, 1.54) is 30.6 Å². The summed E-state index contributed by atoms with van der Waals surface area (Å²) in [5.74, 6) is 0.169. The molecule has 1 amide bonds. The summed E-state index contributed by atoms with van der Waals surface area (Å²) in [7, 11) is 1.97. The lowest BCUT2D eigenvalue weighted by molar-refractivity contribution is 0.0717. The van der Waals surface area contributed by atoms with Gasteiger partial charge in [0.15, 0.2) is 0 Å². The van der Waals surface area contributed by atoms with E-state index in [2.05, 4.69) is 26.0 Å². The van der Waals surface area contributed by atoms with E-state index in [0.717, 1.165) is 18.4 Å². The van der Waals surface area contributed by atoms with Crippen LogP contribution in [-0.2, 0) is 0 Å². The molecular weight excluding hydrogens is 278 g/mol. The highest BCUT2D eigenvalue weighted by Gasteiger charge is 2.22. The van der Waals surface area contributed by atoms with E-state index < -0.39 is 0 Å². The van der Waals surface area contributed by atoms with Gasteiger partial charge in [-0.15, -0.1) is 11.8 Å². The highest BCUT2D eigenvalue weighted by Crippen LogP contribution is 2.25. The van der Waals surface area contributed by atoms with E-state index in [9.17, 15) is 4.79 Å². The number of nitrogens with zero attached hydrogens (tertiary/aromatic N) is 1. The number of hydrogen-bond donors (Lipinski definition) is 0. The van der Waals surface area contributed by atoms with Crippen molar-refractivity contribution < 1.29 is 4.79 Å². The number of carbonyl (C=O) groups is 1. The fraction of sp³-hybridized carbons (Fsp3) is 0.611. The van der Waals surface area contributed by atoms with Crippen molar-refractivity contribution in [2.75, 3.05) is 7.05 Å². The minimum Gasteiger partial charge on any atom is -0.339 e. The summed E-state index contributed by atoms with van der Waals surface area (Å²) in [5.41, 5.74) is 0.815. The Morgan fingerprint density at radius 3 is 2.19 bits per heavy atom. The van der Waals surface area contributed by atoms with Crippen molar-refractivity contribution in [1.82, 2.24) is 4.90 Å². The second-order valence-corrected chi connectivity index (χ2v) is 7.90. The quantitative estimate of drug-likeness (QED) is 0.577. The maximum Gasteiger partial charge on any atom is 0.253 e. The molecule has 0 saturated heterocycles. The molecule has 0 atom stereocenters. The van der Waals surface area contributed by atoms with Crippen LogP contribution < -0.4 is 0 Å². The summed E-state index contributed by atoms with van der Waals surface area (Å²) < 4.78 is 0. The molecule has 2 rings (SSSR count). The molecule has 2 nitrogen and oxygen atoms in total. The second kappa shape index (κ2) is 7.88. The average molecular weight is 305 g/mol. The zero-order valence-electron chi connectivity index (χ0n) is 13.5. The van der Waals surface area contributed by atoms with Gasteiger partial charge in [-0.1, -0.05) is 39.5 Å². The van der Waals surface area contributed by atoms with Crippen LogP contribution in [0.15, 0.2) is 29.2 Å². The number of amides is 1. The molecule has 0 N–H and O–H groups in total. The molecule has 0 heterocycles. The monoisotopic (exact) mass is 305 g/mol. The van der Waals surface area contributed by atoms with Crippen LogP contribution in [-0.4, -0.2) is 29.1 Å². The van der Waals surface area contributed by atoms with E-state index in [-0.39, 0.29) is 5.91 Å². The molecule has 21 heavy (non-hydrogen) atoms. The molecule has 0 bridgehead atoms. The van der Waals surface area contributed by atoms with Crippen molar-refractivity contribution in [3.63, 3.8) is 0 Å². The smallest absolute Gasteiger partial charge is 0.253 e. The van der Waals surface area contributed by atoms with E-state index >= 15 is 0 Å². The molecule has 3 heteroatoms. The van der Waals surface area contributed by atoms with Gasteiger partial charge in [0.05, 0.1) is 0 Å². The Labute approximate surface area is 133 Å². The zero-order valence-corrected chi connectivity index (χ0v) is 14.3. The Morgan fingerprint density at radius 1 is 1.10 bits per heavy atom. The van der Waals surface area contributed by atoms with Crippen LogP contribution >= 0.6 is 11.8 Å². The second-order valence-electron chi connectivity index (χ2n) is 6.25. The van der Waals surface area contributed by atoms with Gasteiger partial charge in [0.2, 0.25) is 0 Å². The Morgan fingerprint density at radius 2 is 1.67 bits per heavy atom. The zero-order chi connectivity index (χ0) is 15.2. The normalized spacial score (nSPS) is 16.8. The topological polar surface area (TPSA) is 20.3 Å². The van der Waals surface area contributed by atoms with Gasteiger partial charge in [0.1, 0.15) is 0 Å². The first-order valence-corrected chi connectivity index (χ1v) is 9.00. The Hall–Kier alpha value is -0.960. The van der Waals surface area contributed by atoms with Gasteiger partial charge in [-0.3, -0.25) is 4.79 Å². The maximum absolute atomic E-state index is 12.6. The van der Waals surface area contributed by atoms with E-state index in [1.54, 1.807) is 0 Å². The van der Waals surface area contributed by atoms with Gasteiger partial charge in [0.25, 0.3) is 5.91 Å². The Bertz CT molecular complexity index is 447. The van der Waals surface area contributed by atoms with Crippen molar-refractivity contribution in [2.45, 2.75) is 68.6 Å². The molecule has 0 aliphatic heterocycles. The molecule has 0 spiro atoms. The fourth-order valence-corrected chi connectivity index (χ4v) is 3.80. The van der Waals surface area contributed by atoms with Crippen molar-refractivity contribution in [3.05, 3.63) is 29.8 Å². The van der Waals surface area contributed by atoms with Crippen molar-refractivity contribution in [1.29, 1.82) is 0 Å². The summed E-state index contributed by atoms with van der Waals surface area (Å²) in [5, 5.41) is 0.570. The Kier molecular flexibility index (Phi) is 6.16. The molecule has 0 aromatic heterocycles. The van der Waals surface area contributed by atoms with Crippen LogP contribution in [0.25, 0.3) is 0 Å². The number of carbonyl (C=O) groups excluding carboxylic acids is 1. The molecular formula is C18H27NOS. The number of thioether (sulfide) groups is 1. The predicted molar refractivity (Wildman–Crippen MR) is 91.0 cm³/mol. The molecule has 1 fully saturated rings. The first-order valence-electron chi connectivity index (χ1n) is 8.12. The molecule has 1 aromatic rings. The van der Waals surface area contributed by atoms with Crippen LogP contribution in [0.4, 0.5) is 0 Å². The summed E-state index contributed by atoms with van der Waals surface area (Å²) in [6.07, 6.45) is 7.46. The molecule has 0 unspecified atom stereocenters. The molecule has 1 saturated carbocycles. The molecule has 1 aromatic carbocycles. The summed E-state index contributed by atoms with van der Waals surface area (Å²) in [4.78, 5) is 15.8. The molecule has 1 aliphatic rings. The predicted octanol–water partition coefficient (Wildman–Crippen LogP) is 4.98. The van der Waals surface area contributed by atoms with Gasteiger partial charge in [-0.05, 0) is 37.1 Å². The molecule has 0 radical (unpaired) electrons. The average Bonchev–Trinajstić information content (AvgIpc) is 2.75. The summed E-state index contributed by atoms with van der Waals surface area (Å²) >= 11 is 1.83. The van der Waals surface area contributed by atoms with Crippen molar-refractivity contribution in [2.24, 2.45) is 0 Å². The number of hydrogen-bond acceptors (Lipinski definition) is 2. The van der Waals surface area contributed by atoms with Gasteiger partial charge in [-0.25, -0.2) is 0 Å². The van der Waals surface area contributed by atoms with E-state index in [1.807, 2.05) is 35.8 Å². The minimum atomic E-state index is 0.169. The van der Waals surface area contributed by atoms with Crippen LogP contribution in [0.3, 0.4) is 0 Å². The third-order valence-corrected chi connectivity index (χ3v) is 5.18.